The van der Waals surface area contributed by atoms with Gasteiger partial charge in [-0.15, -0.1) is 11.8 Å². The van der Waals surface area contributed by atoms with Crippen molar-refractivity contribution >= 4 is 46.8 Å². The Balaban J connectivity index is 1.52. The summed E-state index contributed by atoms with van der Waals surface area (Å²) in [6, 6.07) is 3.92. The first kappa shape index (κ1) is 19.3. The summed E-state index contributed by atoms with van der Waals surface area (Å²) in [6.07, 6.45) is 3.20. The number of rotatable bonds is 2. The Morgan fingerprint density at radius 1 is 1.32 bits per heavy atom. The summed E-state index contributed by atoms with van der Waals surface area (Å²) < 4.78 is 19.1. The highest BCUT2D eigenvalue weighted by atomic mass is 32.2. The molecule has 148 valence electrons. The summed E-state index contributed by atoms with van der Waals surface area (Å²) in [4.78, 5) is 30.7. The molecule has 0 aromatic heterocycles. The molecule has 3 aliphatic heterocycles. The second-order valence-electron chi connectivity index (χ2n) is 6.43. The molecule has 0 spiro atoms. The number of halogens is 1. The van der Waals surface area contributed by atoms with E-state index in [2.05, 4.69) is 10.4 Å². The van der Waals surface area contributed by atoms with Crippen LogP contribution < -0.4 is 10.2 Å². The molecule has 4 rings (SSSR count). The smallest absolute Gasteiger partial charge is 0.409 e. The molecule has 0 radical (unpaired) electrons. The number of nitrogens with one attached hydrogen (secondary N) is 1. The van der Waals surface area contributed by atoms with Crippen LogP contribution in [0.5, 0.6) is 5.75 Å². The fourth-order valence-corrected chi connectivity index (χ4v) is 4.78. The molecule has 2 amide bonds. The summed E-state index contributed by atoms with van der Waals surface area (Å²) in [5, 5.41) is 2.48. The monoisotopic (exact) mass is 422 g/mol. The van der Waals surface area contributed by atoms with Crippen molar-refractivity contribution in [3.8, 4) is 5.75 Å². The number of carbonyl (C=O) groups is 2. The predicted molar refractivity (Wildman–Crippen MR) is 108 cm³/mol. The number of aliphatic imine (C=N–C) groups is 1. The SMILES string of the molecule is O=C1N=C(N2CCCCN2)S/C1=C/c1ccc(F)cc1OC(=O)N1CCSC1. The van der Waals surface area contributed by atoms with Crippen molar-refractivity contribution in [2.75, 3.05) is 31.3 Å². The van der Waals surface area contributed by atoms with E-state index >= 15 is 0 Å². The first-order valence-electron chi connectivity index (χ1n) is 8.98. The Morgan fingerprint density at radius 3 is 2.96 bits per heavy atom. The van der Waals surface area contributed by atoms with Gasteiger partial charge in [-0.2, -0.15) is 4.99 Å². The zero-order valence-corrected chi connectivity index (χ0v) is 16.7. The van der Waals surface area contributed by atoms with Crippen LogP contribution in [0, 0.1) is 5.82 Å². The lowest BCUT2D eigenvalue weighted by Crippen LogP contribution is -2.45. The number of amidine groups is 1. The van der Waals surface area contributed by atoms with Gasteiger partial charge < -0.3 is 4.74 Å². The lowest BCUT2D eigenvalue weighted by molar-refractivity contribution is -0.113. The number of hydrazine groups is 1. The van der Waals surface area contributed by atoms with Crippen LogP contribution in [0.2, 0.25) is 0 Å². The maximum atomic E-state index is 13.7. The molecule has 3 aliphatic rings. The largest absolute Gasteiger partial charge is 0.415 e. The average molecular weight is 423 g/mol. The number of carbonyl (C=O) groups excluding carboxylic acids is 2. The molecular formula is C18H19FN4O3S2. The molecular weight excluding hydrogens is 403 g/mol. The molecule has 0 saturated carbocycles. The first-order chi connectivity index (χ1) is 13.6. The van der Waals surface area contributed by atoms with Gasteiger partial charge in [0.15, 0.2) is 5.17 Å². The van der Waals surface area contributed by atoms with Crippen LogP contribution in [-0.4, -0.2) is 58.3 Å². The number of hydrogen-bond donors (Lipinski definition) is 1. The number of benzene rings is 1. The fourth-order valence-electron chi connectivity index (χ4n) is 2.94. The number of amides is 2. The van der Waals surface area contributed by atoms with Gasteiger partial charge in [0.2, 0.25) is 0 Å². The summed E-state index contributed by atoms with van der Waals surface area (Å²) in [7, 11) is 0. The van der Waals surface area contributed by atoms with Crippen molar-refractivity contribution in [3.05, 3.63) is 34.5 Å². The molecule has 10 heteroatoms. The summed E-state index contributed by atoms with van der Waals surface area (Å²) >= 11 is 2.89. The number of nitrogens with zero attached hydrogens (tertiary/aromatic N) is 3. The van der Waals surface area contributed by atoms with Crippen molar-refractivity contribution in [2.45, 2.75) is 12.8 Å². The van der Waals surface area contributed by atoms with Crippen molar-refractivity contribution in [1.82, 2.24) is 15.3 Å². The summed E-state index contributed by atoms with van der Waals surface area (Å²) in [5.74, 6) is 0.627. The Kier molecular flexibility index (Phi) is 5.88. The minimum absolute atomic E-state index is 0.0901. The van der Waals surface area contributed by atoms with E-state index in [1.165, 1.54) is 23.9 Å². The highest BCUT2D eigenvalue weighted by Gasteiger charge is 2.28. The fraction of sp³-hybridized carbons (Fsp3) is 0.389. The molecule has 1 N–H and O–H groups in total. The van der Waals surface area contributed by atoms with Crippen LogP contribution in [0.25, 0.3) is 6.08 Å². The van der Waals surface area contributed by atoms with Gasteiger partial charge in [0, 0.05) is 37.0 Å². The summed E-state index contributed by atoms with van der Waals surface area (Å²) in [5.41, 5.74) is 3.68. The highest BCUT2D eigenvalue weighted by Crippen LogP contribution is 2.33. The van der Waals surface area contributed by atoms with E-state index in [4.69, 9.17) is 4.74 Å². The molecule has 0 aliphatic carbocycles. The number of hydrogen-bond acceptors (Lipinski definition) is 7. The van der Waals surface area contributed by atoms with E-state index in [-0.39, 0.29) is 11.7 Å². The van der Waals surface area contributed by atoms with Gasteiger partial charge in [-0.3, -0.25) is 14.7 Å². The minimum Gasteiger partial charge on any atom is -0.409 e. The standard InChI is InChI=1S/C18H19FN4O3S2/c19-13-4-3-12(14(10-13)26-18(25)22-7-8-27-11-22)9-15-16(24)21-17(28-15)23-6-2-1-5-20-23/h3-4,9-10,20H,1-2,5-8,11H2/b15-9+. The average Bonchev–Trinajstić information content (AvgIpc) is 3.35. The van der Waals surface area contributed by atoms with E-state index in [0.717, 1.165) is 37.8 Å². The Bertz CT molecular complexity index is 849. The van der Waals surface area contributed by atoms with Gasteiger partial charge in [-0.25, -0.2) is 14.6 Å². The van der Waals surface area contributed by atoms with E-state index in [0.29, 0.717) is 28.1 Å². The van der Waals surface area contributed by atoms with Gasteiger partial charge in [-0.05, 0) is 42.8 Å². The number of ether oxygens (including phenoxy) is 1. The Hall–Kier alpha value is -2.04. The number of thioether (sulfide) groups is 2. The van der Waals surface area contributed by atoms with E-state index in [1.807, 2.05) is 5.01 Å². The zero-order chi connectivity index (χ0) is 19.5. The highest BCUT2D eigenvalue weighted by molar-refractivity contribution is 8.18. The molecule has 1 aromatic carbocycles. The third-order valence-corrected chi connectivity index (χ3v) is 6.39. The molecule has 0 unspecified atom stereocenters. The molecule has 2 fully saturated rings. The Morgan fingerprint density at radius 2 is 2.21 bits per heavy atom. The topological polar surface area (TPSA) is 74.2 Å². The van der Waals surface area contributed by atoms with E-state index in [1.54, 1.807) is 22.7 Å². The van der Waals surface area contributed by atoms with E-state index < -0.39 is 11.9 Å². The normalized spacial score (nSPS) is 21.4. The second kappa shape index (κ2) is 8.54. The van der Waals surface area contributed by atoms with Gasteiger partial charge in [-0.1, -0.05) is 0 Å². The Labute approximate surface area is 170 Å². The van der Waals surface area contributed by atoms with Crippen LogP contribution in [0.3, 0.4) is 0 Å². The molecule has 0 atom stereocenters. The van der Waals surface area contributed by atoms with Crippen LogP contribution in [-0.2, 0) is 4.79 Å². The van der Waals surface area contributed by atoms with Crippen molar-refractivity contribution in [1.29, 1.82) is 0 Å². The second-order valence-corrected chi connectivity index (χ2v) is 8.51. The van der Waals surface area contributed by atoms with Gasteiger partial charge in [0.1, 0.15) is 11.6 Å². The van der Waals surface area contributed by atoms with Crippen molar-refractivity contribution in [2.24, 2.45) is 4.99 Å². The third kappa shape index (κ3) is 4.34. The molecule has 1 aromatic rings. The van der Waals surface area contributed by atoms with Crippen molar-refractivity contribution < 1.29 is 18.7 Å². The van der Waals surface area contributed by atoms with Gasteiger partial charge >= 0.3 is 6.09 Å². The van der Waals surface area contributed by atoms with E-state index in [9.17, 15) is 14.0 Å². The zero-order valence-electron chi connectivity index (χ0n) is 15.0. The minimum atomic E-state index is -0.518. The van der Waals surface area contributed by atoms with Crippen LogP contribution in [0.4, 0.5) is 9.18 Å². The van der Waals surface area contributed by atoms with Gasteiger partial charge in [0.25, 0.3) is 5.91 Å². The quantitative estimate of drug-likeness (QED) is 0.735. The lowest BCUT2D eigenvalue weighted by atomic mass is 10.2. The van der Waals surface area contributed by atoms with Crippen molar-refractivity contribution in [3.63, 3.8) is 0 Å². The maximum Gasteiger partial charge on any atom is 0.415 e. The lowest BCUT2D eigenvalue weighted by Gasteiger charge is -2.28. The molecule has 0 bridgehead atoms. The maximum absolute atomic E-state index is 13.7. The van der Waals surface area contributed by atoms with Gasteiger partial charge in [0.05, 0.1) is 10.8 Å². The molecule has 2 saturated heterocycles. The first-order valence-corrected chi connectivity index (χ1v) is 10.9. The van der Waals surface area contributed by atoms with Crippen LogP contribution in [0.15, 0.2) is 28.1 Å². The van der Waals surface area contributed by atoms with Crippen LogP contribution >= 0.6 is 23.5 Å². The predicted octanol–water partition coefficient (Wildman–Crippen LogP) is 2.90. The van der Waals surface area contributed by atoms with Crippen LogP contribution in [0.1, 0.15) is 18.4 Å². The summed E-state index contributed by atoms with van der Waals surface area (Å²) in [6.45, 7) is 2.24. The molecule has 28 heavy (non-hydrogen) atoms. The third-order valence-electron chi connectivity index (χ3n) is 4.42. The molecule has 7 nitrogen and oxygen atoms in total. The molecule has 3 heterocycles.